The predicted octanol–water partition coefficient (Wildman–Crippen LogP) is 2.95. The number of ether oxygens (including phenoxy) is 1. The number of rotatable bonds is 4. The van der Waals surface area contributed by atoms with Crippen LogP contribution in [0.3, 0.4) is 0 Å². The Morgan fingerprint density at radius 1 is 1.27 bits per heavy atom. The topological polar surface area (TPSA) is 42.4 Å². The molecule has 0 saturated carbocycles. The number of likely N-dealkylation sites (tertiary alicyclic amines) is 1. The number of carbonyl (C=O) groups is 1. The van der Waals surface area contributed by atoms with Crippen LogP contribution in [0.4, 0.5) is 0 Å². The van der Waals surface area contributed by atoms with Crippen molar-refractivity contribution in [2.45, 2.75) is 44.8 Å². The van der Waals surface area contributed by atoms with Gasteiger partial charge in [0.05, 0.1) is 12.7 Å². The normalized spacial score (nSPS) is 22.7. The van der Waals surface area contributed by atoms with E-state index in [4.69, 9.17) is 4.74 Å². The Labute approximate surface area is 132 Å². The molecule has 1 saturated heterocycles. The zero-order valence-corrected chi connectivity index (χ0v) is 13.0. The lowest BCUT2D eigenvalue weighted by atomic mass is 9.92. The lowest BCUT2D eigenvalue weighted by Crippen LogP contribution is -2.43. The molecule has 2 heterocycles. The first-order chi connectivity index (χ1) is 10.8. The fourth-order valence-electron chi connectivity index (χ4n) is 3.22. The Morgan fingerprint density at radius 2 is 2.14 bits per heavy atom. The van der Waals surface area contributed by atoms with Crippen LogP contribution in [-0.4, -0.2) is 35.0 Å². The molecule has 3 rings (SSSR count). The van der Waals surface area contributed by atoms with Crippen molar-refractivity contribution in [3.05, 3.63) is 42.2 Å². The van der Waals surface area contributed by atoms with E-state index in [0.29, 0.717) is 12.5 Å². The number of carbonyl (C=O) groups excluding carboxylic acids is 1. The van der Waals surface area contributed by atoms with Gasteiger partial charge in [-0.2, -0.15) is 0 Å². The summed E-state index contributed by atoms with van der Waals surface area (Å²) in [7, 11) is 0. The van der Waals surface area contributed by atoms with Crippen LogP contribution in [0.25, 0.3) is 0 Å². The molecule has 1 aliphatic carbocycles. The summed E-state index contributed by atoms with van der Waals surface area (Å²) in [6.45, 7) is 2.27. The van der Waals surface area contributed by atoms with Crippen molar-refractivity contribution in [2.75, 3.05) is 13.1 Å². The molecule has 1 fully saturated rings. The maximum Gasteiger partial charge on any atom is 0.226 e. The second-order valence-corrected chi connectivity index (χ2v) is 6.18. The number of allylic oxidation sites excluding steroid dienone is 2. The van der Waals surface area contributed by atoms with Crippen LogP contribution in [0, 0.1) is 5.92 Å². The van der Waals surface area contributed by atoms with Crippen molar-refractivity contribution in [3.63, 3.8) is 0 Å². The quantitative estimate of drug-likeness (QED) is 0.803. The number of hydrogen-bond donors (Lipinski definition) is 0. The van der Waals surface area contributed by atoms with Crippen LogP contribution >= 0.6 is 0 Å². The van der Waals surface area contributed by atoms with Gasteiger partial charge in [-0.3, -0.25) is 9.78 Å². The summed E-state index contributed by atoms with van der Waals surface area (Å²) >= 11 is 0. The second kappa shape index (κ2) is 7.54. The predicted molar refractivity (Wildman–Crippen MR) is 85.1 cm³/mol. The highest BCUT2D eigenvalue weighted by atomic mass is 16.5. The Morgan fingerprint density at radius 3 is 2.82 bits per heavy atom. The van der Waals surface area contributed by atoms with Crippen molar-refractivity contribution in [3.8, 4) is 0 Å². The highest BCUT2D eigenvalue weighted by Crippen LogP contribution is 2.23. The molecule has 0 unspecified atom stereocenters. The highest BCUT2D eigenvalue weighted by Gasteiger charge is 2.28. The molecule has 1 amide bonds. The van der Waals surface area contributed by atoms with Gasteiger partial charge in [0.15, 0.2) is 0 Å². The Bertz CT molecular complexity index is 507. The minimum absolute atomic E-state index is 0.206. The van der Waals surface area contributed by atoms with Crippen LogP contribution in [0.2, 0.25) is 0 Å². The maximum atomic E-state index is 12.5. The van der Waals surface area contributed by atoms with E-state index in [1.54, 1.807) is 6.20 Å². The Hall–Kier alpha value is -1.68. The first-order valence-electron chi connectivity index (χ1n) is 8.27. The summed E-state index contributed by atoms with van der Waals surface area (Å²) in [6.07, 6.45) is 13.0. The van der Waals surface area contributed by atoms with Gasteiger partial charge < -0.3 is 9.64 Å². The standard InChI is InChI=1S/C18H24N2O2/c21-18(16-6-2-1-3-7-16)20-11-8-17(9-12-20)22-14-15-5-4-10-19-13-15/h1-2,4-5,10,13,16-17H,3,6-9,11-12,14H2/t16-/m0/s1. The molecule has 22 heavy (non-hydrogen) atoms. The van der Waals surface area contributed by atoms with E-state index in [1.807, 2.05) is 23.2 Å². The van der Waals surface area contributed by atoms with Crippen LogP contribution in [0.5, 0.6) is 0 Å². The zero-order chi connectivity index (χ0) is 15.2. The first-order valence-corrected chi connectivity index (χ1v) is 8.27. The van der Waals surface area contributed by atoms with Gasteiger partial charge in [0.1, 0.15) is 0 Å². The minimum atomic E-state index is 0.206. The SMILES string of the molecule is O=C([C@H]1CC=CCC1)N1CCC(OCc2cccnc2)CC1. The van der Waals surface area contributed by atoms with E-state index in [9.17, 15) is 4.79 Å². The molecule has 0 spiro atoms. The molecule has 1 aromatic heterocycles. The largest absolute Gasteiger partial charge is 0.373 e. The van der Waals surface area contributed by atoms with Gasteiger partial charge in [-0.1, -0.05) is 18.2 Å². The summed E-state index contributed by atoms with van der Waals surface area (Å²) in [5, 5.41) is 0. The van der Waals surface area contributed by atoms with E-state index in [1.165, 1.54) is 0 Å². The Kier molecular flexibility index (Phi) is 5.22. The molecule has 0 aromatic carbocycles. The van der Waals surface area contributed by atoms with E-state index in [0.717, 1.165) is 50.8 Å². The van der Waals surface area contributed by atoms with Crippen molar-refractivity contribution < 1.29 is 9.53 Å². The summed E-state index contributed by atoms with van der Waals surface area (Å²) in [6, 6.07) is 3.96. The average Bonchev–Trinajstić information content (AvgIpc) is 2.61. The molecule has 118 valence electrons. The third-order valence-electron chi connectivity index (χ3n) is 4.58. The molecular weight excluding hydrogens is 276 g/mol. The maximum absolute atomic E-state index is 12.5. The van der Waals surface area contributed by atoms with Crippen LogP contribution in [0.15, 0.2) is 36.7 Å². The number of piperidine rings is 1. The van der Waals surface area contributed by atoms with Crippen LogP contribution < -0.4 is 0 Å². The van der Waals surface area contributed by atoms with Gasteiger partial charge >= 0.3 is 0 Å². The lowest BCUT2D eigenvalue weighted by Gasteiger charge is -2.34. The number of aromatic nitrogens is 1. The summed E-state index contributed by atoms with van der Waals surface area (Å²) in [4.78, 5) is 18.6. The smallest absolute Gasteiger partial charge is 0.226 e. The van der Waals surface area contributed by atoms with Gasteiger partial charge in [-0.05, 0) is 43.7 Å². The number of hydrogen-bond acceptors (Lipinski definition) is 3. The summed E-state index contributed by atoms with van der Waals surface area (Å²) in [5.41, 5.74) is 1.11. The molecule has 4 heteroatoms. The first kappa shape index (κ1) is 15.2. The molecule has 0 radical (unpaired) electrons. The van der Waals surface area contributed by atoms with Gasteiger partial charge in [0.2, 0.25) is 5.91 Å². The number of pyridine rings is 1. The number of nitrogens with zero attached hydrogens (tertiary/aromatic N) is 2. The van der Waals surface area contributed by atoms with Crippen LogP contribution in [0.1, 0.15) is 37.7 Å². The zero-order valence-electron chi connectivity index (χ0n) is 13.0. The second-order valence-electron chi connectivity index (χ2n) is 6.18. The highest BCUT2D eigenvalue weighted by molar-refractivity contribution is 5.79. The van der Waals surface area contributed by atoms with Crippen LogP contribution in [-0.2, 0) is 16.1 Å². The molecule has 1 atom stereocenters. The van der Waals surface area contributed by atoms with Crippen molar-refractivity contribution >= 4 is 5.91 Å². The summed E-state index contributed by atoms with van der Waals surface area (Å²) < 4.78 is 5.95. The molecule has 0 bridgehead atoms. The number of amides is 1. The van der Waals surface area contributed by atoms with E-state index < -0.39 is 0 Å². The molecule has 1 aliphatic heterocycles. The minimum Gasteiger partial charge on any atom is -0.373 e. The van der Waals surface area contributed by atoms with Gasteiger partial charge in [0, 0.05) is 31.4 Å². The van der Waals surface area contributed by atoms with Crippen molar-refractivity contribution in [1.82, 2.24) is 9.88 Å². The fourth-order valence-corrected chi connectivity index (χ4v) is 3.22. The molecular formula is C18H24N2O2. The van der Waals surface area contributed by atoms with Crippen molar-refractivity contribution in [2.24, 2.45) is 5.92 Å². The Balaban J connectivity index is 1.42. The molecule has 2 aliphatic rings. The van der Waals surface area contributed by atoms with E-state index in [2.05, 4.69) is 17.1 Å². The fraction of sp³-hybridized carbons (Fsp3) is 0.556. The van der Waals surface area contributed by atoms with E-state index >= 15 is 0 Å². The molecule has 1 aromatic rings. The van der Waals surface area contributed by atoms with Gasteiger partial charge in [-0.25, -0.2) is 0 Å². The lowest BCUT2D eigenvalue weighted by molar-refractivity contribution is -0.138. The molecule has 4 nitrogen and oxygen atoms in total. The van der Waals surface area contributed by atoms with Gasteiger partial charge in [0.25, 0.3) is 0 Å². The molecule has 0 N–H and O–H groups in total. The van der Waals surface area contributed by atoms with Gasteiger partial charge in [-0.15, -0.1) is 0 Å². The third-order valence-corrected chi connectivity index (χ3v) is 4.58. The third kappa shape index (κ3) is 3.95. The average molecular weight is 300 g/mol. The van der Waals surface area contributed by atoms with Crippen molar-refractivity contribution in [1.29, 1.82) is 0 Å². The van der Waals surface area contributed by atoms with E-state index in [-0.39, 0.29) is 12.0 Å². The summed E-state index contributed by atoms with van der Waals surface area (Å²) in [5.74, 6) is 0.549. The monoisotopic (exact) mass is 300 g/mol.